The van der Waals surface area contributed by atoms with Crippen molar-refractivity contribution in [2.75, 3.05) is 0 Å². The van der Waals surface area contributed by atoms with E-state index in [1.807, 2.05) is 48.7 Å². The number of aromatic nitrogens is 3. The zero-order chi connectivity index (χ0) is 31.4. The van der Waals surface area contributed by atoms with Crippen molar-refractivity contribution >= 4 is 32.6 Å². The first kappa shape index (κ1) is 30.6. The minimum Gasteiger partial charge on any atom is -0.507 e. The van der Waals surface area contributed by atoms with Gasteiger partial charge in [-0.15, -0.1) is 17.7 Å². The van der Waals surface area contributed by atoms with Gasteiger partial charge in [0.25, 0.3) is 0 Å². The molecule has 2 heterocycles. The van der Waals surface area contributed by atoms with Crippen molar-refractivity contribution in [1.29, 1.82) is 0 Å². The van der Waals surface area contributed by atoms with E-state index in [1.54, 1.807) is 6.07 Å². The van der Waals surface area contributed by atoms with Crippen molar-refractivity contribution < 1.29 is 26.2 Å². The van der Waals surface area contributed by atoms with E-state index in [2.05, 4.69) is 110 Å². The quantitative estimate of drug-likeness (QED) is 0.181. The summed E-state index contributed by atoms with van der Waals surface area (Å²) in [4.78, 5) is 10.2. The van der Waals surface area contributed by atoms with Gasteiger partial charge in [-0.3, -0.25) is 9.55 Å². The summed E-state index contributed by atoms with van der Waals surface area (Å²) in [6, 6.07) is 47.1. The Bertz CT molecular complexity index is 2420. The predicted molar refractivity (Wildman–Crippen MR) is 189 cm³/mol. The van der Waals surface area contributed by atoms with Gasteiger partial charge in [0.2, 0.25) is 0 Å². The van der Waals surface area contributed by atoms with E-state index in [0.29, 0.717) is 11.4 Å². The molecule has 0 spiro atoms. The predicted octanol–water partition coefficient (Wildman–Crippen LogP) is 10.5. The Morgan fingerprint density at radius 1 is 0.681 bits per heavy atom. The van der Waals surface area contributed by atoms with Crippen molar-refractivity contribution in [3.8, 4) is 45.2 Å². The summed E-state index contributed by atoms with van der Waals surface area (Å²) < 4.78 is 2.16. The van der Waals surface area contributed by atoms with Crippen molar-refractivity contribution in [3.05, 3.63) is 145 Å². The number of pyridine rings is 1. The van der Waals surface area contributed by atoms with E-state index in [4.69, 9.17) is 9.97 Å². The SMILES string of the molecule is CC(C)(C)c1cc(-c2[c-]c(-c3cc4ccccc4cn3)c3ccccc3c2)c2nc(-c3ccccc3O)n(-c3ccccc3)c2c1.[Pt]. The molecule has 0 saturated carbocycles. The van der Waals surface area contributed by atoms with Crippen molar-refractivity contribution in [3.63, 3.8) is 0 Å². The molecular formula is C42H32N3OPt-. The van der Waals surface area contributed by atoms with E-state index in [9.17, 15) is 5.11 Å². The number of rotatable bonds is 4. The van der Waals surface area contributed by atoms with Gasteiger partial charge in [0.05, 0.1) is 16.6 Å². The maximum Gasteiger partial charge on any atom is 0.148 e. The molecule has 0 fully saturated rings. The van der Waals surface area contributed by atoms with E-state index in [0.717, 1.165) is 60.6 Å². The molecule has 8 rings (SSSR count). The number of para-hydroxylation sites is 2. The molecule has 0 atom stereocenters. The molecule has 0 aliphatic heterocycles. The zero-order valence-electron chi connectivity index (χ0n) is 26.3. The molecule has 6 aromatic carbocycles. The molecule has 0 unspecified atom stereocenters. The van der Waals surface area contributed by atoms with Crippen LogP contribution in [0.2, 0.25) is 0 Å². The molecule has 0 amide bonds. The summed E-state index contributed by atoms with van der Waals surface area (Å²) in [5.74, 6) is 0.873. The van der Waals surface area contributed by atoms with Gasteiger partial charge in [0, 0.05) is 38.6 Å². The van der Waals surface area contributed by atoms with Crippen LogP contribution in [0.15, 0.2) is 134 Å². The molecule has 4 nitrogen and oxygen atoms in total. The molecule has 8 aromatic rings. The summed E-state index contributed by atoms with van der Waals surface area (Å²) in [7, 11) is 0. The number of fused-ring (bicyclic) bond motifs is 3. The first-order valence-corrected chi connectivity index (χ1v) is 15.6. The van der Waals surface area contributed by atoms with E-state index < -0.39 is 0 Å². The molecular weight excluding hydrogens is 758 g/mol. The number of hydrogen-bond donors (Lipinski definition) is 1. The first-order valence-electron chi connectivity index (χ1n) is 15.6. The molecule has 2 aromatic heterocycles. The first-order chi connectivity index (χ1) is 22.3. The third kappa shape index (κ3) is 5.43. The molecule has 0 bridgehead atoms. The van der Waals surface area contributed by atoms with Gasteiger partial charge >= 0.3 is 0 Å². The number of hydrogen-bond acceptors (Lipinski definition) is 3. The summed E-state index contributed by atoms with van der Waals surface area (Å²) >= 11 is 0. The number of benzene rings is 6. The molecule has 0 aliphatic carbocycles. The van der Waals surface area contributed by atoms with Crippen LogP contribution in [-0.2, 0) is 26.5 Å². The number of phenols is 1. The minimum atomic E-state index is -0.136. The Labute approximate surface area is 288 Å². The van der Waals surface area contributed by atoms with Crippen molar-refractivity contribution in [1.82, 2.24) is 14.5 Å². The second-order valence-corrected chi connectivity index (χ2v) is 12.8. The van der Waals surface area contributed by atoms with Crippen LogP contribution >= 0.6 is 0 Å². The third-order valence-corrected chi connectivity index (χ3v) is 8.75. The largest absolute Gasteiger partial charge is 0.507 e. The van der Waals surface area contributed by atoms with Crippen molar-refractivity contribution in [2.24, 2.45) is 0 Å². The Morgan fingerprint density at radius 3 is 2.13 bits per heavy atom. The van der Waals surface area contributed by atoms with Crippen LogP contribution in [0.25, 0.3) is 72.0 Å². The van der Waals surface area contributed by atoms with Crippen LogP contribution in [0.4, 0.5) is 0 Å². The molecule has 5 heteroatoms. The summed E-state index contributed by atoms with van der Waals surface area (Å²) in [6.07, 6.45) is 1.94. The van der Waals surface area contributed by atoms with Crippen LogP contribution in [0.3, 0.4) is 0 Å². The second-order valence-electron chi connectivity index (χ2n) is 12.8. The molecule has 0 saturated heterocycles. The molecule has 232 valence electrons. The number of imidazole rings is 1. The van der Waals surface area contributed by atoms with E-state index in [-0.39, 0.29) is 32.2 Å². The normalized spacial score (nSPS) is 11.6. The maximum absolute atomic E-state index is 11.0. The van der Waals surface area contributed by atoms with Gasteiger partial charge in [-0.2, -0.15) is 0 Å². The second kappa shape index (κ2) is 12.0. The van der Waals surface area contributed by atoms with Crippen LogP contribution in [0, 0.1) is 6.07 Å². The Balaban J connectivity index is 0.00000351. The van der Waals surface area contributed by atoms with Gasteiger partial charge in [0.1, 0.15) is 11.6 Å². The number of aromatic hydroxyl groups is 1. The third-order valence-electron chi connectivity index (χ3n) is 8.75. The van der Waals surface area contributed by atoms with Gasteiger partial charge in [0.15, 0.2) is 0 Å². The Kier molecular flexibility index (Phi) is 7.78. The van der Waals surface area contributed by atoms with Gasteiger partial charge in [-0.25, -0.2) is 4.98 Å². The summed E-state index contributed by atoms with van der Waals surface area (Å²) in [6.45, 7) is 6.71. The smallest absolute Gasteiger partial charge is 0.148 e. The van der Waals surface area contributed by atoms with Crippen LogP contribution in [-0.4, -0.2) is 19.6 Å². The fourth-order valence-electron chi connectivity index (χ4n) is 6.31. The Morgan fingerprint density at radius 2 is 1.36 bits per heavy atom. The summed E-state index contributed by atoms with van der Waals surface area (Å²) in [5.41, 5.74) is 8.28. The standard InChI is InChI=1S/C42H32N3O.Pt/c1-42(2,3)31-24-35(40-38(25-31)45(32-16-5-4-6-17-32)41(44-40)34-19-11-12-20-39(34)46)30-21-28-14-9-10-18-33(28)36(22-30)37-23-27-13-7-8-15-29(27)26-43-37;/h4-21,23-26,46H,1-3H3;/q-1;. The summed E-state index contributed by atoms with van der Waals surface area (Å²) in [5, 5.41) is 15.5. The molecule has 1 N–H and O–H groups in total. The zero-order valence-corrected chi connectivity index (χ0v) is 28.6. The van der Waals surface area contributed by atoms with Crippen LogP contribution in [0.1, 0.15) is 26.3 Å². The van der Waals surface area contributed by atoms with Crippen LogP contribution in [0.5, 0.6) is 5.75 Å². The number of nitrogens with zero attached hydrogens (tertiary/aromatic N) is 3. The molecule has 0 radical (unpaired) electrons. The van der Waals surface area contributed by atoms with E-state index >= 15 is 0 Å². The molecule has 47 heavy (non-hydrogen) atoms. The monoisotopic (exact) mass is 789 g/mol. The maximum atomic E-state index is 11.0. The fourth-order valence-corrected chi connectivity index (χ4v) is 6.31. The van der Waals surface area contributed by atoms with Gasteiger partial charge < -0.3 is 5.11 Å². The van der Waals surface area contributed by atoms with E-state index in [1.165, 1.54) is 5.56 Å². The molecule has 0 aliphatic rings. The fraction of sp³-hybridized carbons (Fsp3) is 0.0952. The van der Waals surface area contributed by atoms with Crippen molar-refractivity contribution in [2.45, 2.75) is 26.2 Å². The average Bonchev–Trinajstić information content (AvgIpc) is 3.47. The Hall–Kier alpha value is -5.05. The van der Waals surface area contributed by atoms with Crippen LogP contribution < -0.4 is 0 Å². The topological polar surface area (TPSA) is 50.9 Å². The van der Waals surface area contributed by atoms with Gasteiger partial charge in [-0.1, -0.05) is 134 Å². The number of phenolic OH excluding ortho intramolecular Hbond substituents is 1. The average molecular weight is 790 g/mol. The minimum absolute atomic E-state index is 0. The van der Waals surface area contributed by atoms with Gasteiger partial charge in [-0.05, 0) is 52.1 Å².